The number of aryl methyl sites for hydroxylation is 1. The van der Waals surface area contributed by atoms with Crippen molar-refractivity contribution >= 4 is 16.5 Å². The summed E-state index contributed by atoms with van der Waals surface area (Å²) in [5.41, 5.74) is 7.72. The fraction of sp³-hybridized carbons (Fsp3) is 0.812. The third kappa shape index (κ3) is 2.73. The number of nitrogens with two attached hydrogens (primary N) is 1. The van der Waals surface area contributed by atoms with Crippen molar-refractivity contribution in [1.82, 2.24) is 4.98 Å². The third-order valence-electron chi connectivity index (χ3n) is 5.30. The number of rotatable bonds is 3. The standard InChI is InChI=1S/C16H27N3S/c1-2-13-14(12-17)20-15(18-13)19-10-8-16(9-11-19)6-4-3-5-7-16/h2-12,17H2,1H3. The number of hydrogen-bond acceptors (Lipinski definition) is 4. The van der Waals surface area contributed by atoms with Crippen molar-refractivity contribution in [3.63, 3.8) is 0 Å². The molecule has 1 aromatic rings. The molecule has 20 heavy (non-hydrogen) atoms. The molecule has 1 saturated heterocycles. The number of nitrogens with zero attached hydrogens (tertiary/aromatic N) is 2. The Morgan fingerprint density at radius 1 is 1.15 bits per heavy atom. The zero-order chi connectivity index (χ0) is 14.0. The summed E-state index contributed by atoms with van der Waals surface area (Å²) >= 11 is 1.82. The van der Waals surface area contributed by atoms with Crippen molar-refractivity contribution in [3.05, 3.63) is 10.6 Å². The van der Waals surface area contributed by atoms with Gasteiger partial charge in [0, 0.05) is 24.5 Å². The first kappa shape index (κ1) is 14.3. The number of thiazole rings is 1. The van der Waals surface area contributed by atoms with Crippen LogP contribution in [0.25, 0.3) is 0 Å². The van der Waals surface area contributed by atoms with Crippen LogP contribution in [0, 0.1) is 5.41 Å². The molecule has 0 atom stereocenters. The molecule has 2 aliphatic rings. The van der Waals surface area contributed by atoms with Gasteiger partial charge >= 0.3 is 0 Å². The second-order valence-corrected chi connectivity index (χ2v) is 7.53. The maximum Gasteiger partial charge on any atom is 0.185 e. The normalized spacial score (nSPS) is 22.4. The number of anilines is 1. The average molecular weight is 293 g/mol. The molecule has 2 N–H and O–H groups in total. The van der Waals surface area contributed by atoms with Crippen molar-refractivity contribution in [1.29, 1.82) is 0 Å². The van der Waals surface area contributed by atoms with E-state index in [0.717, 1.165) is 6.42 Å². The molecular formula is C16H27N3S. The van der Waals surface area contributed by atoms with E-state index in [4.69, 9.17) is 10.7 Å². The Balaban J connectivity index is 1.67. The Morgan fingerprint density at radius 2 is 1.85 bits per heavy atom. The topological polar surface area (TPSA) is 42.2 Å². The lowest BCUT2D eigenvalue weighted by Gasteiger charge is -2.44. The number of piperidine rings is 1. The highest BCUT2D eigenvalue weighted by molar-refractivity contribution is 7.15. The van der Waals surface area contributed by atoms with Crippen molar-refractivity contribution < 1.29 is 0 Å². The minimum absolute atomic E-state index is 0.638. The van der Waals surface area contributed by atoms with E-state index in [0.29, 0.717) is 12.0 Å². The lowest BCUT2D eigenvalue weighted by atomic mass is 9.68. The predicted molar refractivity (Wildman–Crippen MR) is 86.3 cm³/mol. The molecule has 0 bridgehead atoms. The maximum atomic E-state index is 5.83. The molecule has 0 aromatic carbocycles. The van der Waals surface area contributed by atoms with Crippen molar-refractivity contribution in [2.24, 2.45) is 11.1 Å². The van der Waals surface area contributed by atoms with E-state index in [9.17, 15) is 0 Å². The maximum absolute atomic E-state index is 5.83. The van der Waals surface area contributed by atoms with E-state index >= 15 is 0 Å². The Kier molecular flexibility index (Phi) is 4.32. The van der Waals surface area contributed by atoms with Crippen molar-refractivity contribution in [2.75, 3.05) is 18.0 Å². The predicted octanol–water partition coefficient (Wildman–Crippen LogP) is 3.71. The quantitative estimate of drug-likeness (QED) is 0.923. The zero-order valence-electron chi connectivity index (χ0n) is 12.7. The highest BCUT2D eigenvalue weighted by Gasteiger charge is 2.36. The van der Waals surface area contributed by atoms with Gasteiger partial charge in [-0.1, -0.05) is 26.2 Å². The highest BCUT2D eigenvalue weighted by atomic mass is 32.1. The van der Waals surface area contributed by atoms with Gasteiger partial charge in [0.15, 0.2) is 5.13 Å². The first-order chi connectivity index (χ1) is 9.76. The molecule has 1 aliphatic carbocycles. The van der Waals surface area contributed by atoms with Crippen LogP contribution in [-0.4, -0.2) is 18.1 Å². The molecule has 112 valence electrons. The lowest BCUT2D eigenvalue weighted by Crippen LogP contribution is -2.41. The molecule has 1 saturated carbocycles. The molecule has 2 fully saturated rings. The smallest absolute Gasteiger partial charge is 0.185 e. The second kappa shape index (κ2) is 6.02. The summed E-state index contributed by atoms with van der Waals surface area (Å²) in [6, 6.07) is 0. The molecule has 1 aromatic heterocycles. The molecule has 1 spiro atoms. The van der Waals surface area contributed by atoms with Crippen LogP contribution < -0.4 is 10.6 Å². The van der Waals surface area contributed by atoms with Gasteiger partial charge in [-0.25, -0.2) is 4.98 Å². The van der Waals surface area contributed by atoms with Crippen LogP contribution in [0.15, 0.2) is 0 Å². The summed E-state index contributed by atoms with van der Waals surface area (Å²) in [5.74, 6) is 0. The zero-order valence-corrected chi connectivity index (χ0v) is 13.5. The Morgan fingerprint density at radius 3 is 2.40 bits per heavy atom. The number of aromatic nitrogens is 1. The van der Waals surface area contributed by atoms with E-state index in [1.807, 2.05) is 11.3 Å². The summed E-state index contributed by atoms with van der Waals surface area (Å²) in [6.07, 6.45) is 11.0. The van der Waals surface area contributed by atoms with Crippen LogP contribution >= 0.6 is 11.3 Å². The number of hydrogen-bond donors (Lipinski definition) is 1. The SMILES string of the molecule is CCc1nc(N2CCC3(CCCCC3)CC2)sc1CN. The molecule has 3 nitrogen and oxygen atoms in total. The largest absolute Gasteiger partial charge is 0.348 e. The fourth-order valence-electron chi connectivity index (χ4n) is 3.91. The van der Waals surface area contributed by atoms with Crippen LogP contribution in [0.3, 0.4) is 0 Å². The van der Waals surface area contributed by atoms with E-state index in [1.54, 1.807) is 0 Å². The van der Waals surface area contributed by atoms with Crippen LogP contribution in [0.2, 0.25) is 0 Å². The average Bonchev–Trinajstić information content (AvgIpc) is 2.92. The van der Waals surface area contributed by atoms with Crippen LogP contribution in [0.4, 0.5) is 5.13 Å². The molecule has 2 heterocycles. The van der Waals surface area contributed by atoms with Gasteiger partial charge in [0.1, 0.15) is 0 Å². The molecule has 0 unspecified atom stereocenters. The molecule has 0 radical (unpaired) electrons. The van der Waals surface area contributed by atoms with Gasteiger partial charge in [0.2, 0.25) is 0 Å². The molecule has 4 heteroatoms. The van der Waals surface area contributed by atoms with Gasteiger partial charge in [-0.15, -0.1) is 11.3 Å². The van der Waals surface area contributed by atoms with Gasteiger partial charge in [0.25, 0.3) is 0 Å². The minimum Gasteiger partial charge on any atom is -0.348 e. The minimum atomic E-state index is 0.638. The van der Waals surface area contributed by atoms with Crippen LogP contribution in [-0.2, 0) is 13.0 Å². The molecular weight excluding hydrogens is 266 g/mol. The van der Waals surface area contributed by atoms with Gasteiger partial charge in [-0.2, -0.15) is 0 Å². The van der Waals surface area contributed by atoms with Gasteiger partial charge < -0.3 is 10.6 Å². The monoisotopic (exact) mass is 293 g/mol. The van der Waals surface area contributed by atoms with E-state index in [-0.39, 0.29) is 0 Å². The summed E-state index contributed by atoms with van der Waals surface area (Å²) in [5, 5.41) is 1.22. The van der Waals surface area contributed by atoms with E-state index in [2.05, 4.69) is 11.8 Å². The third-order valence-corrected chi connectivity index (χ3v) is 6.48. The Bertz CT molecular complexity index is 417. The van der Waals surface area contributed by atoms with Crippen LogP contribution in [0.1, 0.15) is 62.4 Å². The fourth-order valence-corrected chi connectivity index (χ4v) is 4.99. The second-order valence-electron chi connectivity index (χ2n) is 6.47. The molecule has 3 rings (SSSR count). The molecule has 0 amide bonds. The molecule has 1 aliphatic heterocycles. The van der Waals surface area contributed by atoms with E-state index < -0.39 is 0 Å². The summed E-state index contributed by atoms with van der Waals surface area (Å²) in [7, 11) is 0. The van der Waals surface area contributed by atoms with Gasteiger partial charge in [-0.3, -0.25) is 0 Å². The Hall–Kier alpha value is -0.610. The van der Waals surface area contributed by atoms with Crippen LogP contribution in [0.5, 0.6) is 0 Å². The first-order valence-electron chi connectivity index (χ1n) is 8.20. The summed E-state index contributed by atoms with van der Waals surface area (Å²) in [4.78, 5) is 8.60. The van der Waals surface area contributed by atoms with E-state index in [1.165, 1.54) is 73.7 Å². The van der Waals surface area contributed by atoms with Crippen molar-refractivity contribution in [2.45, 2.75) is 64.8 Å². The van der Waals surface area contributed by atoms with Gasteiger partial charge in [-0.05, 0) is 37.5 Å². The lowest BCUT2D eigenvalue weighted by molar-refractivity contribution is 0.144. The highest BCUT2D eigenvalue weighted by Crippen LogP contribution is 2.45. The Labute approximate surface area is 126 Å². The first-order valence-corrected chi connectivity index (χ1v) is 9.01. The summed E-state index contributed by atoms with van der Waals surface area (Å²) in [6.45, 7) is 5.20. The summed E-state index contributed by atoms with van der Waals surface area (Å²) < 4.78 is 0. The van der Waals surface area contributed by atoms with Crippen molar-refractivity contribution in [3.8, 4) is 0 Å². The van der Waals surface area contributed by atoms with Gasteiger partial charge in [0.05, 0.1) is 5.69 Å².